The molecule has 1 aromatic carbocycles. The number of amides is 3. The van der Waals surface area contributed by atoms with Crippen LogP contribution in [0.2, 0.25) is 0 Å². The maximum atomic E-state index is 12.5. The van der Waals surface area contributed by atoms with E-state index in [1.54, 1.807) is 32.9 Å². The molecule has 1 rings (SSSR count). The Bertz CT molecular complexity index is 989. The van der Waals surface area contributed by atoms with Crippen LogP contribution in [0.5, 0.6) is 0 Å². The molecule has 0 spiro atoms. The van der Waals surface area contributed by atoms with E-state index in [2.05, 4.69) is 16.2 Å². The third-order valence-corrected chi connectivity index (χ3v) is 6.33. The smallest absolute Gasteiger partial charge is 0.408 e. The van der Waals surface area contributed by atoms with Gasteiger partial charge in [-0.1, -0.05) is 38.0 Å². The van der Waals surface area contributed by atoms with Gasteiger partial charge in [0, 0.05) is 13.0 Å². The Morgan fingerprint density at radius 3 is 2.18 bits per heavy atom. The monoisotopic (exact) mass is 557 g/mol. The van der Waals surface area contributed by atoms with Crippen LogP contribution in [0.15, 0.2) is 29.2 Å². The van der Waals surface area contributed by atoms with E-state index in [0.29, 0.717) is 32.3 Å². The van der Waals surface area contributed by atoms with E-state index < -0.39 is 33.8 Å². The van der Waals surface area contributed by atoms with Crippen LogP contribution in [0.4, 0.5) is 4.79 Å². The van der Waals surface area contributed by atoms with Crippen molar-refractivity contribution in [3.8, 4) is 0 Å². The van der Waals surface area contributed by atoms with Crippen molar-refractivity contribution in [3.05, 3.63) is 29.8 Å². The van der Waals surface area contributed by atoms with E-state index in [9.17, 15) is 22.8 Å². The Kier molecular flexibility index (Phi) is 14.3. The van der Waals surface area contributed by atoms with Gasteiger partial charge in [0.1, 0.15) is 11.6 Å². The predicted octanol–water partition coefficient (Wildman–Crippen LogP) is 3.36. The van der Waals surface area contributed by atoms with Crippen molar-refractivity contribution < 1.29 is 36.5 Å². The molecule has 216 valence electrons. The molecule has 38 heavy (non-hydrogen) atoms. The summed E-state index contributed by atoms with van der Waals surface area (Å²) in [5.74, 6) is -0.754. The largest absolute Gasteiger partial charge is 0.444 e. The van der Waals surface area contributed by atoms with Gasteiger partial charge in [0.25, 0.3) is 16.0 Å². The number of benzene rings is 1. The molecule has 0 saturated carbocycles. The highest BCUT2D eigenvalue weighted by molar-refractivity contribution is 7.86. The van der Waals surface area contributed by atoms with Crippen LogP contribution in [-0.4, -0.2) is 57.8 Å². The molecule has 0 aliphatic heterocycles. The summed E-state index contributed by atoms with van der Waals surface area (Å²) in [6, 6.07) is 5.55. The van der Waals surface area contributed by atoms with Gasteiger partial charge in [0.05, 0.1) is 18.1 Å². The summed E-state index contributed by atoms with van der Waals surface area (Å²) in [7, 11) is -3.81. The second-order valence-electron chi connectivity index (χ2n) is 10.4. The minimum Gasteiger partial charge on any atom is -0.444 e. The van der Waals surface area contributed by atoms with Crippen LogP contribution < -0.4 is 16.2 Å². The number of rotatable bonds is 15. The van der Waals surface area contributed by atoms with Gasteiger partial charge in [-0.05, 0) is 65.0 Å². The fraction of sp³-hybridized carbons (Fsp3) is 0.654. The van der Waals surface area contributed by atoms with Gasteiger partial charge in [0.15, 0.2) is 0 Å². The molecule has 0 saturated heterocycles. The highest BCUT2D eigenvalue weighted by Crippen LogP contribution is 2.13. The van der Waals surface area contributed by atoms with Gasteiger partial charge in [-0.25, -0.2) is 4.79 Å². The second kappa shape index (κ2) is 16.3. The minimum atomic E-state index is -3.81. The molecule has 0 aromatic heterocycles. The quantitative estimate of drug-likeness (QED) is 0.169. The number of unbranched alkanes of at least 4 members (excludes halogenated alkanes) is 2. The van der Waals surface area contributed by atoms with E-state index in [1.807, 2.05) is 20.8 Å². The van der Waals surface area contributed by atoms with Crippen LogP contribution in [0.3, 0.4) is 0 Å². The predicted molar refractivity (Wildman–Crippen MR) is 143 cm³/mol. The highest BCUT2D eigenvalue weighted by Gasteiger charge is 2.25. The molecule has 0 unspecified atom stereocenters. The first kappa shape index (κ1) is 33.3. The van der Waals surface area contributed by atoms with E-state index in [0.717, 1.165) is 5.56 Å². The summed E-state index contributed by atoms with van der Waals surface area (Å²) >= 11 is 0. The molecule has 0 aliphatic rings. The lowest BCUT2D eigenvalue weighted by Crippen LogP contribution is -2.53. The molecule has 0 fully saturated rings. The van der Waals surface area contributed by atoms with E-state index in [1.165, 1.54) is 12.1 Å². The Labute approximate surface area is 226 Å². The molecule has 1 atom stereocenters. The van der Waals surface area contributed by atoms with Crippen molar-refractivity contribution in [2.24, 2.45) is 5.92 Å². The van der Waals surface area contributed by atoms with E-state index >= 15 is 0 Å². The molecule has 0 bridgehead atoms. The molecule has 11 nitrogen and oxygen atoms in total. The third kappa shape index (κ3) is 14.9. The maximum absolute atomic E-state index is 12.5. The van der Waals surface area contributed by atoms with Crippen LogP contribution in [0.1, 0.15) is 72.3 Å². The Morgan fingerprint density at radius 2 is 1.58 bits per heavy atom. The molecule has 12 heteroatoms. The number of aryl methyl sites for hydroxylation is 1. The van der Waals surface area contributed by atoms with Crippen molar-refractivity contribution in [2.45, 2.75) is 90.2 Å². The second-order valence-corrected chi connectivity index (χ2v) is 12.0. The minimum absolute atomic E-state index is 0.0844. The van der Waals surface area contributed by atoms with Crippen molar-refractivity contribution >= 4 is 28.0 Å². The molecule has 0 heterocycles. The van der Waals surface area contributed by atoms with E-state index in [-0.39, 0.29) is 36.4 Å². The molecular formula is C26H43N3O8S. The van der Waals surface area contributed by atoms with Crippen molar-refractivity contribution in [3.63, 3.8) is 0 Å². The average molecular weight is 558 g/mol. The number of carbonyl (C=O) groups is 3. The Morgan fingerprint density at radius 1 is 0.921 bits per heavy atom. The van der Waals surface area contributed by atoms with Gasteiger partial charge >= 0.3 is 6.09 Å². The molecule has 0 aliphatic carbocycles. The van der Waals surface area contributed by atoms with Gasteiger partial charge in [-0.2, -0.15) is 8.42 Å². The first-order valence-corrected chi connectivity index (χ1v) is 14.2. The lowest BCUT2D eigenvalue weighted by Gasteiger charge is -2.24. The number of nitrogens with one attached hydrogen (secondary N) is 3. The standard InChI is InChI=1S/C26H43N3O8S/c1-19(2)18-22(27-25(32)37-26(4,5)6)24(31)29-28-23(30)10-8-7-9-15-35-16-17-36-38(33,34)21-13-11-20(3)12-14-21/h11-14,19,22H,7-10,15-18H2,1-6H3,(H,27,32)(H,28,30)(H,29,31)/t22-/m1/s1. The Balaban J connectivity index is 2.20. The number of hydrogen-bond donors (Lipinski definition) is 3. The van der Waals surface area contributed by atoms with E-state index in [4.69, 9.17) is 13.7 Å². The van der Waals surface area contributed by atoms with Gasteiger partial charge in [-0.15, -0.1) is 0 Å². The summed E-state index contributed by atoms with van der Waals surface area (Å²) in [5.41, 5.74) is 4.99. The van der Waals surface area contributed by atoms with Crippen molar-refractivity contribution in [1.29, 1.82) is 0 Å². The fourth-order valence-electron chi connectivity index (χ4n) is 3.18. The topological polar surface area (TPSA) is 149 Å². The Hall–Kier alpha value is -2.70. The lowest BCUT2D eigenvalue weighted by molar-refractivity contribution is -0.130. The van der Waals surface area contributed by atoms with Crippen molar-refractivity contribution in [2.75, 3.05) is 19.8 Å². The van der Waals surface area contributed by atoms with Crippen LogP contribution in [0.25, 0.3) is 0 Å². The first-order chi connectivity index (χ1) is 17.7. The SMILES string of the molecule is Cc1ccc(S(=O)(=O)OCCOCCCCCC(=O)NNC(=O)[C@@H](CC(C)C)NC(=O)OC(C)(C)C)cc1. The van der Waals surface area contributed by atoms with Gasteiger partial charge in [0.2, 0.25) is 5.91 Å². The molecular weight excluding hydrogens is 514 g/mol. The summed E-state index contributed by atoms with van der Waals surface area (Å²) in [6.07, 6.45) is 1.85. The average Bonchev–Trinajstić information content (AvgIpc) is 2.79. The molecule has 3 amide bonds. The number of carbonyl (C=O) groups excluding carboxylic acids is 3. The molecule has 1 aromatic rings. The highest BCUT2D eigenvalue weighted by atomic mass is 32.2. The zero-order valence-corrected chi connectivity index (χ0v) is 24.1. The van der Waals surface area contributed by atoms with Crippen LogP contribution >= 0.6 is 0 Å². The summed E-state index contributed by atoms with van der Waals surface area (Å²) in [4.78, 5) is 36.7. The lowest BCUT2D eigenvalue weighted by atomic mass is 10.0. The number of hydrazine groups is 1. The van der Waals surface area contributed by atoms with Crippen molar-refractivity contribution in [1.82, 2.24) is 16.2 Å². The summed E-state index contributed by atoms with van der Waals surface area (Å²) in [6.45, 7) is 11.3. The maximum Gasteiger partial charge on any atom is 0.408 e. The van der Waals surface area contributed by atoms with Gasteiger partial charge < -0.3 is 14.8 Å². The first-order valence-electron chi connectivity index (χ1n) is 12.8. The number of ether oxygens (including phenoxy) is 2. The normalized spacial score (nSPS) is 12.6. The van der Waals surface area contributed by atoms with Crippen LogP contribution in [-0.2, 0) is 33.4 Å². The molecule has 3 N–H and O–H groups in total. The fourth-order valence-corrected chi connectivity index (χ4v) is 4.07. The zero-order valence-electron chi connectivity index (χ0n) is 23.3. The molecule has 0 radical (unpaired) electrons. The summed E-state index contributed by atoms with van der Waals surface area (Å²) in [5, 5.41) is 2.55. The summed E-state index contributed by atoms with van der Waals surface area (Å²) < 4.78 is 39.8. The number of hydrogen-bond acceptors (Lipinski definition) is 8. The third-order valence-electron chi connectivity index (χ3n) is 5.01. The van der Waals surface area contributed by atoms with Gasteiger partial charge in [-0.3, -0.25) is 24.6 Å². The number of alkyl carbamates (subject to hydrolysis) is 1. The van der Waals surface area contributed by atoms with Crippen LogP contribution in [0, 0.1) is 12.8 Å². The zero-order chi connectivity index (χ0) is 28.8.